The average molecular weight is 297 g/mol. The molecular formula is C13H19N3O3S. The molecule has 3 N–H and O–H groups in total. The van der Waals surface area contributed by atoms with Crippen LogP contribution in [0.1, 0.15) is 23.7 Å². The first-order valence-corrected chi connectivity index (χ1v) is 7.42. The Hall–Kier alpha value is -1.60. The second kappa shape index (κ2) is 6.23. The number of hydrogen-bond acceptors (Lipinski definition) is 4. The van der Waals surface area contributed by atoms with Gasteiger partial charge in [-0.3, -0.25) is 5.32 Å². The van der Waals surface area contributed by atoms with Gasteiger partial charge in [-0.25, -0.2) is 9.59 Å². The molecule has 2 atom stereocenters. The zero-order valence-electron chi connectivity index (χ0n) is 11.5. The van der Waals surface area contributed by atoms with E-state index < -0.39 is 5.97 Å². The highest BCUT2D eigenvalue weighted by Gasteiger charge is 2.25. The van der Waals surface area contributed by atoms with E-state index in [1.54, 1.807) is 5.38 Å². The van der Waals surface area contributed by atoms with Gasteiger partial charge in [-0.15, -0.1) is 11.3 Å². The third-order valence-electron chi connectivity index (χ3n) is 3.55. The van der Waals surface area contributed by atoms with Gasteiger partial charge in [0.05, 0.1) is 5.56 Å². The number of hydrogen-bond donors (Lipinski definition) is 3. The number of carbonyl (C=O) groups is 2. The maximum Gasteiger partial charge on any atom is 0.338 e. The van der Waals surface area contributed by atoms with Gasteiger partial charge in [0.1, 0.15) is 5.00 Å². The molecule has 2 heterocycles. The molecule has 0 aromatic carbocycles. The highest BCUT2D eigenvalue weighted by molar-refractivity contribution is 7.14. The summed E-state index contributed by atoms with van der Waals surface area (Å²) in [5, 5.41) is 16.6. The van der Waals surface area contributed by atoms with Crippen molar-refractivity contribution in [2.75, 3.05) is 25.5 Å². The number of amides is 2. The highest BCUT2D eigenvalue weighted by atomic mass is 32.1. The molecule has 6 nitrogen and oxygen atoms in total. The number of thiophene rings is 1. The van der Waals surface area contributed by atoms with Crippen LogP contribution >= 0.6 is 11.3 Å². The Balaban J connectivity index is 1.92. The Morgan fingerprint density at radius 1 is 1.50 bits per heavy atom. The van der Waals surface area contributed by atoms with Gasteiger partial charge < -0.3 is 15.3 Å². The normalized spacial score (nSPS) is 23.3. The highest BCUT2D eigenvalue weighted by Crippen LogP contribution is 2.23. The summed E-state index contributed by atoms with van der Waals surface area (Å²) in [5.41, 5.74) is 0.126. The van der Waals surface area contributed by atoms with Crippen molar-refractivity contribution in [3.8, 4) is 0 Å². The number of carbonyl (C=O) groups excluding carboxylic acids is 1. The first-order chi connectivity index (χ1) is 9.47. The summed E-state index contributed by atoms with van der Waals surface area (Å²) >= 11 is 1.21. The zero-order chi connectivity index (χ0) is 14.7. The summed E-state index contributed by atoms with van der Waals surface area (Å²) in [5.74, 6) is -0.656. The van der Waals surface area contributed by atoms with Crippen molar-refractivity contribution in [1.82, 2.24) is 10.2 Å². The van der Waals surface area contributed by atoms with E-state index >= 15 is 0 Å². The predicted octanol–water partition coefficient (Wildman–Crippen LogP) is 1.91. The van der Waals surface area contributed by atoms with Crippen LogP contribution < -0.4 is 10.6 Å². The number of carboxylic acids is 1. The van der Waals surface area contributed by atoms with E-state index in [9.17, 15) is 9.59 Å². The molecule has 2 amide bonds. The van der Waals surface area contributed by atoms with Crippen molar-refractivity contribution in [1.29, 1.82) is 0 Å². The fourth-order valence-corrected chi connectivity index (χ4v) is 3.22. The summed E-state index contributed by atoms with van der Waals surface area (Å²) in [6, 6.07) is 1.27. The van der Waals surface area contributed by atoms with Crippen molar-refractivity contribution in [3.05, 3.63) is 17.0 Å². The Kier molecular flexibility index (Phi) is 4.61. The van der Waals surface area contributed by atoms with E-state index in [2.05, 4.69) is 29.5 Å². The van der Waals surface area contributed by atoms with Gasteiger partial charge >= 0.3 is 12.0 Å². The van der Waals surface area contributed by atoms with Crippen LogP contribution in [0, 0.1) is 5.92 Å². The second-order valence-electron chi connectivity index (χ2n) is 5.20. The minimum absolute atomic E-state index is 0.124. The summed E-state index contributed by atoms with van der Waals surface area (Å²) in [4.78, 5) is 25.2. The van der Waals surface area contributed by atoms with Gasteiger partial charge in [0.25, 0.3) is 0 Å². The minimum atomic E-state index is -1.03. The molecule has 0 radical (unpaired) electrons. The molecule has 2 rings (SSSR count). The molecule has 1 aliphatic rings. The molecule has 7 heteroatoms. The number of piperidine rings is 1. The Morgan fingerprint density at radius 2 is 2.25 bits per heavy atom. The van der Waals surface area contributed by atoms with E-state index in [1.165, 1.54) is 17.4 Å². The van der Waals surface area contributed by atoms with E-state index in [1.807, 2.05) is 0 Å². The first-order valence-electron chi connectivity index (χ1n) is 6.54. The molecule has 0 spiro atoms. The number of nitrogens with one attached hydrogen (secondary N) is 2. The lowest BCUT2D eigenvalue weighted by atomic mass is 9.94. The van der Waals surface area contributed by atoms with E-state index in [4.69, 9.17) is 5.11 Å². The summed E-state index contributed by atoms with van der Waals surface area (Å²) < 4.78 is 0. The molecule has 1 saturated heterocycles. The third kappa shape index (κ3) is 3.49. The van der Waals surface area contributed by atoms with Crippen LogP contribution in [-0.4, -0.2) is 48.2 Å². The molecule has 1 aromatic heterocycles. The first kappa shape index (κ1) is 14.8. The fraction of sp³-hybridized carbons (Fsp3) is 0.538. The van der Waals surface area contributed by atoms with Crippen LogP contribution in [0.4, 0.5) is 9.80 Å². The van der Waals surface area contributed by atoms with Crippen LogP contribution in [0.25, 0.3) is 0 Å². The van der Waals surface area contributed by atoms with E-state index in [0.717, 1.165) is 19.5 Å². The Bertz CT molecular complexity index is 503. The fourth-order valence-electron chi connectivity index (χ4n) is 2.45. The second-order valence-corrected chi connectivity index (χ2v) is 6.12. The number of urea groups is 1. The Morgan fingerprint density at radius 3 is 2.90 bits per heavy atom. The zero-order valence-corrected chi connectivity index (χ0v) is 12.4. The van der Waals surface area contributed by atoms with Crippen molar-refractivity contribution in [3.63, 3.8) is 0 Å². The number of anilines is 1. The van der Waals surface area contributed by atoms with Crippen molar-refractivity contribution in [2.24, 2.45) is 5.92 Å². The number of nitrogens with zero attached hydrogens (tertiary/aromatic N) is 1. The predicted molar refractivity (Wildman–Crippen MR) is 78.5 cm³/mol. The van der Waals surface area contributed by atoms with E-state index in [0.29, 0.717) is 10.9 Å². The molecule has 1 fully saturated rings. The van der Waals surface area contributed by atoms with Gasteiger partial charge in [-0.05, 0) is 37.4 Å². The topological polar surface area (TPSA) is 81.7 Å². The molecule has 2 unspecified atom stereocenters. The number of aromatic carboxylic acids is 1. The molecule has 1 aromatic rings. The summed E-state index contributed by atoms with van der Waals surface area (Å²) in [6.45, 7) is 4.01. The largest absolute Gasteiger partial charge is 0.478 e. The average Bonchev–Trinajstić information content (AvgIpc) is 2.81. The molecule has 0 saturated carbocycles. The number of rotatable bonds is 3. The van der Waals surface area contributed by atoms with Crippen molar-refractivity contribution in [2.45, 2.75) is 19.4 Å². The quantitative estimate of drug-likeness (QED) is 0.796. The van der Waals surface area contributed by atoms with Gasteiger partial charge in [0.15, 0.2) is 0 Å². The van der Waals surface area contributed by atoms with Gasteiger partial charge in [-0.2, -0.15) is 0 Å². The third-order valence-corrected chi connectivity index (χ3v) is 4.38. The van der Waals surface area contributed by atoms with Crippen LogP contribution in [-0.2, 0) is 0 Å². The lowest BCUT2D eigenvalue weighted by Crippen LogP contribution is -2.49. The van der Waals surface area contributed by atoms with Crippen molar-refractivity contribution < 1.29 is 14.7 Å². The lowest BCUT2D eigenvalue weighted by Gasteiger charge is -2.35. The monoisotopic (exact) mass is 297 g/mol. The maximum absolute atomic E-state index is 12.0. The Labute approximate surface area is 121 Å². The van der Waals surface area contributed by atoms with Crippen LogP contribution in [0.3, 0.4) is 0 Å². The molecule has 0 aliphatic carbocycles. The standard InChI is InChI=1S/C13H19N3O3S/c1-8-7-16(2)5-3-10(8)14-13(19)15-11-9(12(17)18)4-6-20-11/h4,6,8,10H,3,5,7H2,1-2H3,(H,17,18)(H2,14,15,19). The number of carboxylic acid groups (broad SMARTS) is 1. The van der Waals surface area contributed by atoms with Crippen molar-refractivity contribution >= 4 is 28.3 Å². The van der Waals surface area contributed by atoms with Crippen LogP contribution in [0.5, 0.6) is 0 Å². The lowest BCUT2D eigenvalue weighted by molar-refractivity contribution is 0.0698. The van der Waals surface area contributed by atoms with E-state index in [-0.39, 0.29) is 17.6 Å². The minimum Gasteiger partial charge on any atom is -0.478 e. The molecular weight excluding hydrogens is 278 g/mol. The van der Waals surface area contributed by atoms with Crippen LogP contribution in [0.2, 0.25) is 0 Å². The van der Waals surface area contributed by atoms with Gasteiger partial charge in [-0.1, -0.05) is 6.92 Å². The maximum atomic E-state index is 12.0. The molecule has 20 heavy (non-hydrogen) atoms. The molecule has 110 valence electrons. The number of likely N-dealkylation sites (tertiary alicyclic amines) is 1. The molecule has 0 bridgehead atoms. The SMILES string of the molecule is CC1CN(C)CCC1NC(=O)Nc1sccc1C(=O)O. The van der Waals surface area contributed by atoms with Gasteiger partial charge in [0.2, 0.25) is 0 Å². The van der Waals surface area contributed by atoms with Gasteiger partial charge in [0, 0.05) is 12.6 Å². The van der Waals surface area contributed by atoms with Crippen LogP contribution in [0.15, 0.2) is 11.4 Å². The molecule has 1 aliphatic heterocycles. The smallest absolute Gasteiger partial charge is 0.338 e. The summed E-state index contributed by atoms with van der Waals surface area (Å²) in [7, 11) is 2.07. The summed E-state index contributed by atoms with van der Waals surface area (Å²) in [6.07, 6.45) is 0.904.